The molecular formula is C17H19F2NS. The number of halogens is 2. The summed E-state index contributed by atoms with van der Waals surface area (Å²) in [7, 11) is 0. The van der Waals surface area contributed by atoms with Crippen LogP contribution in [-0.4, -0.2) is 12.3 Å². The fourth-order valence-corrected chi connectivity index (χ4v) is 3.09. The minimum atomic E-state index is -0.231. The van der Waals surface area contributed by atoms with Gasteiger partial charge in [-0.3, -0.25) is 0 Å². The highest BCUT2D eigenvalue weighted by Crippen LogP contribution is 2.27. The molecule has 21 heavy (non-hydrogen) atoms. The average Bonchev–Trinajstić information content (AvgIpc) is 2.50. The third kappa shape index (κ3) is 4.55. The van der Waals surface area contributed by atoms with E-state index in [0.29, 0.717) is 16.2 Å². The van der Waals surface area contributed by atoms with E-state index in [2.05, 4.69) is 12.2 Å². The van der Waals surface area contributed by atoms with Crippen LogP contribution < -0.4 is 5.32 Å². The largest absolute Gasteiger partial charge is 0.309 e. The summed E-state index contributed by atoms with van der Waals surface area (Å²) in [5, 5.41) is 3.33. The topological polar surface area (TPSA) is 12.0 Å². The highest BCUT2D eigenvalue weighted by molar-refractivity contribution is 7.99. The summed E-state index contributed by atoms with van der Waals surface area (Å²) in [5.74, 6) is 0.132. The molecule has 4 heteroatoms. The second-order valence-corrected chi connectivity index (χ2v) is 5.83. The molecule has 0 amide bonds. The van der Waals surface area contributed by atoms with Crippen molar-refractivity contribution < 1.29 is 8.78 Å². The van der Waals surface area contributed by atoms with Crippen molar-refractivity contribution in [2.75, 3.05) is 12.3 Å². The number of nitrogens with one attached hydrogen (secondary N) is 1. The quantitative estimate of drug-likeness (QED) is 0.738. The molecule has 0 radical (unpaired) electrons. The van der Waals surface area contributed by atoms with Crippen LogP contribution in [0.1, 0.15) is 24.9 Å². The lowest BCUT2D eigenvalue weighted by molar-refractivity contribution is 0.532. The Morgan fingerprint density at radius 3 is 2.33 bits per heavy atom. The second kappa shape index (κ2) is 8.15. The Bertz CT molecular complexity index is 574. The average molecular weight is 307 g/mol. The van der Waals surface area contributed by atoms with Crippen LogP contribution >= 0.6 is 11.8 Å². The zero-order chi connectivity index (χ0) is 15.1. The lowest BCUT2D eigenvalue weighted by Gasteiger charge is -2.19. The van der Waals surface area contributed by atoms with Crippen molar-refractivity contribution in [2.45, 2.75) is 24.3 Å². The summed E-state index contributed by atoms with van der Waals surface area (Å²) in [6.07, 6.45) is 0.968. The molecular weight excluding hydrogens is 288 g/mol. The van der Waals surface area contributed by atoms with E-state index in [4.69, 9.17) is 0 Å². The fourth-order valence-electron chi connectivity index (χ4n) is 2.07. The monoisotopic (exact) mass is 307 g/mol. The van der Waals surface area contributed by atoms with Crippen LogP contribution in [0.5, 0.6) is 0 Å². The summed E-state index contributed by atoms with van der Waals surface area (Å²) < 4.78 is 27.6. The Morgan fingerprint density at radius 1 is 1.00 bits per heavy atom. The van der Waals surface area contributed by atoms with E-state index in [1.165, 1.54) is 23.9 Å². The van der Waals surface area contributed by atoms with Crippen molar-refractivity contribution in [1.29, 1.82) is 0 Å². The normalized spacial score (nSPS) is 12.3. The van der Waals surface area contributed by atoms with Crippen LogP contribution in [0, 0.1) is 11.6 Å². The van der Waals surface area contributed by atoms with Crippen molar-refractivity contribution in [3.8, 4) is 0 Å². The number of rotatable bonds is 7. The van der Waals surface area contributed by atoms with E-state index in [0.717, 1.165) is 13.0 Å². The number of benzene rings is 2. The van der Waals surface area contributed by atoms with Crippen LogP contribution in [0.15, 0.2) is 53.4 Å². The van der Waals surface area contributed by atoms with Gasteiger partial charge in [-0.25, -0.2) is 8.78 Å². The zero-order valence-corrected chi connectivity index (χ0v) is 12.8. The smallest absolute Gasteiger partial charge is 0.136 e. The van der Waals surface area contributed by atoms with Gasteiger partial charge in [-0.1, -0.05) is 37.3 Å². The van der Waals surface area contributed by atoms with Gasteiger partial charge in [-0.15, -0.1) is 11.8 Å². The van der Waals surface area contributed by atoms with Crippen LogP contribution in [0.3, 0.4) is 0 Å². The molecule has 112 valence electrons. The minimum Gasteiger partial charge on any atom is -0.309 e. The van der Waals surface area contributed by atoms with E-state index >= 15 is 0 Å². The molecule has 2 rings (SSSR count). The third-order valence-corrected chi connectivity index (χ3v) is 4.31. The second-order valence-electron chi connectivity index (χ2n) is 4.77. The first kappa shape index (κ1) is 16.0. The van der Waals surface area contributed by atoms with E-state index in [9.17, 15) is 8.78 Å². The van der Waals surface area contributed by atoms with Crippen LogP contribution in [0.25, 0.3) is 0 Å². The maximum atomic E-state index is 13.9. The summed E-state index contributed by atoms with van der Waals surface area (Å²) >= 11 is 1.40. The Kier molecular flexibility index (Phi) is 6.21. The molecule has 1 unspecified atom stereocenters. The molecule has 1 atom stereocenters. The molecule has 1 nitrogen and oxygen atoms in total. The Labute approximate surface area is 128 Å². The first-order valence-corrected chi connectivity index (χ1v) is 8.06. The first-order chi connectivity index (χ1) is 10.2. The van der Waals surface area contributed by atoms with Gasteiger partial charge in [-0.05, 0) is 31.2 Å². The van der Waals surface area contributed by atoms with Gasteiger partial charge < -0.3 is 5.32 Å². The first-order valence-electron chi connectivity index (χ1n) is 7.07. The number of hydrogen-bond acceptors (Lipinski definition) is 2. The third-order valence-electron chi connectivity index (χ3n) is 3.16. The van der Waals surface area contributed by atoms with Gasteiger partial charge >= 0.3 is 0 Å². The molecule has 2 aromatic carbocycles. The molecule has 0 aliphatic heterocycles. The predicted molar refractivity (Wildman–Crippen MR) is 84.6 cm³/mol. The zero-order valence-electron chi connectivity index (χ0n) is 12.0. The molecule has 0 saturated heterocycles. The highest BCUT2D eigenvalue weighted by atomic mass is 32.2. The molecule has 0 aliphatic rings. The molecule has 0 heterocycles. The van der Waals surface area contributed by atoms with Gasteiger partial charge in [0.2, 0.25) is 0 Å². The van der Waals surface area contributed by atoms with Crippen molar-refractivity contribution in [3.63, 3.8) is 0 Å². The van der Waals surface area contributed by atoms with Crippen molar-refractivity contribution in [3.05, 3.63) is 65.7 Å². The predicted octanol–water partition coefficient (Wildman–Crippen LogP) is 4.80. The van der Waals surface area contributed by atoms with Crippen molar-refractivity contribution in [1.82, 2.24) is 5.32 Å². The molecule has 0 saturated carbocycles. The highest BCUT2D eigenvalue weighted by Gasteiger charge is 2.15. The van der Waals surface area contributed by atoms with Crippen molar-refractivity contribution in [2.24, 2.45) is 0 Å². The Hall–Kier alpha value is -1.39. The molecule has 1 N–H and O–H groups in total. The SMILES string of the molecule is CCCNC(CSc1ccccc1F)c1ccccc1F. The van der Waals surface area contributed by atoms with Gasteiger partial charge in [0.1, 0.15) is 11.6 Å². The molecule has 0 aliphatic carbocycles. The lowest BCUT2D eigenvalue weighted by atomic mass is 10.1. The molecule has 0 bridgehead atoms. The maximum absolute atomic E-state index is 13.9. The molecule has 0 aromatic heterocycles. The van der Waals surface area contributed by atoms with Crippen LogP contribution in [-0.2, 0) is 0 Å². The van der Waals surface area contributed by atoms with Gasteiger partial charge in [0.25, 0.3) is 0 Å². The van der Waals surface area contributed by atoms with E-state index < -0.39 is 0 Å². The Morgan fingerprint density at radius 2 is 1.67 bits per heavy atom. The van der Waals surface area contributed by atoms with E-state index in [-0.39, 0.29) is 17.7 Å². The van der Waals surface area contributed by atoms with E-state index in [1.54, 1.807) is 24.3 Å². The lowest BCUT2D eigenvalue weighted by Crippen LogP contribution is -2.25. The Balaban J connectivity index is 2.10. The summed E-state index contributed by atoms with van der Waals surface area (Å²) in [4.78, 5) is 0.595. The van der Waals surface area contributed by atoms with Gasteiger partial charge in [-0.2, -0.15) is 0 Å². The van der Waals surface area contributed by atoms with E-state index in [1.807, 2.05) is 12.1 Å². The molecule has 0 fully saturated rings. The minimum absolute atomic E-state index is 0.129. The van der Waals surface area contributed by atoms with Gasteiger partial charge in [0.15, 0.2) is 0 Å². The van der Waals surface area contributed by atoms with Crippen LogP contribution in [0.2, 0.25) is 0 Å². The summed E-state index contributed by atoms with van der Waals surface area (Å²) in [6, 6.07) is 13.3. The van der Waals surface area contributed by atoms with Gasteiger partial charge in [0.05, 0.1) is 0 Å². The van der Waals surface area contributed by atoms with Gasteiger partial charge in [0, 0.05) is 22.3 Å². The summed E-state index contributed by atoms with van der Waals surface area (Å²) in [6.45, 7) is 2.87. The molecule has 0 spiro atoms. The fraction of sp³-hybridized carbons (Fsp3) is 0.294. The summed E-state index contributed by atoms with van der Waals surface area (Å²) in [5.41, 5.74) is 0.634. The number of thioether (sulfide) groups is 1. The van der Waals surface area contributed by atoms with Crippen LogP contribution in [0.4, 0.5) is 8.78 Å². The van der Waals surface area contributed by atoms with Crippen molar-refractivity contribution >= 4 is 11.8 Å². The number of hydrogen-bond donors (Lipinski definition) is 1. The molecule has 2 aromatic rings. The maximum Gasteiger partial charge on any atom is 0.136 e. The standard InChI is InChI=1S/C17H19F2NS/c1-2-11-20-16(13-7-3-4-8-14(13)18)12-21-17-10-6-5-9-15(17)19/h3-10,16,20H,2,11-12H2,1H3.